The number of halogens is 1. The molecule has 2 atom stereocenters. The van der Waals surface area contributed by atoms with Gasteiger partial charge in [-0.25, -0.2) is 8.42 Å². The summed E-state index contributed by atoms with van der Waals surface area (Å²) in [5.74, 6) is 1.16. The largest absolute Gasteiger partial charge is 0.497 e. The fourth-order valence-corrected chi connectivity index (χ4v) is 5.18. The van der Waals surface area contributed by atoms with Gasteiger partial charge in [-0.15, -0.1) is 0 Å². The fraction of sp³-hybridized carbons (Fsp3) is 0.318. The van der Waals surface area contributed by atoms with E-state index in [-0.39, 0.29) is 33.9 Å². The van der Waals surface area contributed by atoms with Crippen molar-refractivity contribution in [1.82, 2.24) is 4.98 Å². The number of hydrogen-bond acceptors (Lipinski definition) is 7. The summed E-state index contributed by atoms with van der Waals surface area (Å²) < 4.78 is 44.9. The molecule has 0 spiro atoms. The van der Waals surface area contributed by atoms with Crippen LogP contribution < -0.4 is 9.64 Å². The Bertz CT molecular complexity index is 1150. The molecule has 2 aromatic carbocycles. The van der Waals surface area contributed by atoms with Gasteiger partial charge in [0.1, 0.15) is 5.75 Å². The molecule has 0 saturated carbocycles. The Balaban J connectivity index is 1.83. The van der Waals surface area contributed by atoms with Crippen LogP contribution in [0.5, 0.6) is 5.75 Å². The third kappa shape index (κ3) is 4.49. The molecule has 7 nitrogen and oxygen atoms in total. The van der Waals surface area contributed by atoms with Crippen molar-refractivity contribution < 1.29 is 22.3 Å². The Hall–Kier alpha value is -2.36. The van der Waals surface area contributed by atoms with E-state index in [0.717, 1.165) is 4.47 Å². The Morgan fingerprint density at radius 1 is 1.03 bits per heavy atom. The number of oxazole rings is 1. The van der Waals surface area contributed by atoms with Gasteiger partial charge in [0.15, 0.2) is 0 Å². The summed E-state index contributed by atoms with van der Waals surface area (Å²) in [6, 6.07) is 13.6. The van der Waals surface area contributed by atoms with Crippen molar-refractivity contribution in [2.45, 2.75) is 36.0 Å². The first kappa shape index (κ1) is 21.9. The number of sulfone groups is 1. The zero-order chi connectivity index (χ0) is 22.2. The number of anilines is 1. The topological polar surface area (TPSA) is 81.9 Å². The quantitative estimate of drug-likeness (QED) is 0.501. The first-order valence-electron chi connectivity index (χ1n) is 9.84. The Labute approximate surface area is 190 Å². The van der Waals surface area contributed by atoms with E-state index in [1.165, 1.54) is 0 Å². The fourth-order valence-electron chi connectivity index (χ4n) is 3.60. The van der Waals surface area contributed by atoms with Crippen molar-refractivity contribution in [2.24, 2.45) is 0 Å². The van der Waals surface area contributed by atoms with E-state index >= 15 is 0 Å². The molecule has 1 aliphatic rings. The summed E-state index contributed by atoms with van der Waals surface area (Å²) in [4.78, 5) is 6.49. The molecule has 1 aromatic heterocycles. The van der Waals surface area contributed by atoms with Crippen LogP contribution in [0.25, 0.3) is 11.5 Å². The molecule has 2 heterocycles. The molecule has 31 heavy (non-hydrogen) atoms. The van der Waals surface area contributed by atoms with E-state index in [9.17, 15) is 8.42 Å². The van der Waals surface area contributed by atoms with Crippen molar-refractivity contribution in [3.05, 3.63) is 53.0 Å². The van der Waals surface area contributed by atoms with Crippen LogP contribution >= 0.6 is 15.9 Å². The second-order valence-electron chi connectivity index (χ2n) is 7.48. The predicted octanol–water partition coefficient (Wildman–Crippen LogP) is 4.56. The summed E-state index contributed by atoms with van der Waals surface area (Å²) in [7, 11) is -2.32. The van der Waals surface area contributed by atoms with Gasteiger partial charge in [0.05, 0.1) is 24.2 Å². The minimum Gasteiger partial charge on any atom is -0.497 e. The minimum absolute atomic E-state index is 0.0680. The molecule has 0 N–H and O–H groups in total. The van der Waals surface area contributed by atoms with E-state index in [4.69, 9.17) is 13.9 Å². The number of rotatable bonds is 5. The van der Waals surface area contributed by atoms with Crippen LogP contribution in [-0.2, 0) is 14.6 Å². The van der Waals surface area contributed by atoms with Gasteiger partial charge in [-0.2, -0.15) is 4.98 Å². The first-order valence-corrected chi connectivity index (χ1v) is 12.1. The Kier molecular flexibility index (Phi) is 6.09. The average molecular weight is 507 g/mol. The normalized spacial score (nSPS) is 19.4. The molecule has 4 rings (SSSR count). The zero-order valence-corrected chi connectivity index (χ0v) is 19.8. The lowest BCUT2D eigenvalue weighted by atomic mass is 10.2. The van der Waals surface area contributed by atoms with Gasteiger partial charge >= 0.3 is 0 Å². The van der Waals surface area contributed by atoms with Crippen LogP contribution in [0, 0.1) is 0 Å². The number of morpholine rings is 1. The van der Waals surface area contributed by atoms with Crippen LogP contribution in [0.1, 0.15) is 13.8 Å². The van der Waals surface area contributed by atoms with E-state index in [1.807, 2.05) is 18.7 Å². The molecule has 3 aromatic rings. The van der Waals surface area contributed by atoms with Gasteiger partial charge in [-0.05, 0) is 62.4 Å². The molecule has 0 bridgehead atoms. The highest BCUT2D eigenvalue weighted by Crippen LogP contribution is 2.36. The summed E-state index contributed by atoms with van der Waals surface area (Å²) in [5, 5.41) is -0.0954. The zero-order valence-electron chi connectivity index (χ0n) is 17.4. The Morgan fingerprint density at radius 2 is 1.65 bits per heavy atom. The lowest BCUT2D eigenvalue weighted by Gasteiger charge is -2.35. The van der Waals surface area contributed by atoms with Crippen molar-refractivity contribution in [3.8, 4) is 17.2 Å². The van der Waals surface area contributed by atoms with Crippen molar-refractivity contribution in [1.29, 1.82) is 0 Å². The highest BCUT2D eigenvalue weighted by Gasteiger charge is 2.34. The van der Waals surface area contributed by atoms with Crippen molar-refractivity contribution >= 4 is 31.7 Å². The minimum atomic E-state index is -3.90. The Morgan fingerprint density at radius 3 is 2.23 bits per heavy atom. The van der Waals surface area contributed by atoms with Crippen LogP contribution in [0.4, 0.5) is 5.88 Å². The maximum absolute atomic E-state index is 13.5. The number of methoxy groups -OCH3 is 1. The number of hydrogen-bond donors (Lipinski definition) is 0. The molecule has 1 aliphatic heterocycles. The van der Waals surface area contributed by atoms with Crippen molar-refractivity contribution in [2.75, 3.05) is 25.1 Å². The standard InChI is InChI=1S/C22H23BrN2O5S/c1-14-12-25(13-15(2)29-14)22-21(31(26,27)19-10-6-17(23)7-11-19)24-20(30-22)16-4-8-18(28-3)9-5-16/h4-11,14-15H,12-13H2,1-3H3. The van der Waals surface area contributed by atoms with Gasteiger partial charge in [0, 0.05) is 23.1 Å². The molecule has 0 radical (unpaired) electrons. The number of ether oxygens (including phenoxy) is 2. The number of benzene rings is 2. The summed E-state index contributed by atoms with van der Waals surface area (Å²) in [6.07, 6.45) is -0.136. The van der Waals surface area contributed by atoms with Crippen LogP contribution in [-0.4, -0.2) is 45.8 Å². The second kappa shape index (κ2) is 8.64. The van der Waals surface area contributed by atoms with E-state index in [1.54, 1.807) is 55.6 Å². The highest BCUT2D eigenvalue weighted by atomic mass is 79.9. The first-order chi connectivity index (χ1) is 14.8. The molecular formula is C22H23BrN2O5S. The molecule has 0 amide bonds. The summed E-state index contributed by atoms with van der Waals surface area (Å²) >= 11 is 3.34. The highest BCUT2D eigenvalue weighted by molar-refractivity contribution is 9.10. The molecule has 9 heteroatoms. The third-order valence-corrected chi connectivity index (χ3v) is 7.20. The maximum Gasteiger partial charge on any atom is 0.236 e. The van der Waals surface area contributed by atoms with Crippen LogP contribution in [0.15, 0.2) is 67.3 Å². The maximum atomic E-state index is 13.5. The molecule has 164 valence electrons. The lowest BCUT2D eigenvalue weighted by Crippen LogP contribution is -2.45. The van der Waals surface area contributed by atoms with Gasteiger partial charge in [-0.3, -0.25) is 0 Å². The van der Waals surface area contributed by atoms with Crippen LogP contribution in [0.2, 0.25) is 0 Å². The smallest absolute Gasteiger partial charge is 0.236 e. The predicted molar refractivity (Wildman–Crippen MR) is 120 cm³/mol. The van der Waals surface area contributed by atoms with Gasteiger partial charge < -0.3 is 18.8 Å². The van der Waals surface area contributed by atoms with Gasteiger partial charge in [0.2, 0.25) is 26.6 Å². The van der Waals surface area contributed by atoms with Crippen LogP contribution in [0.3, 0.4) is 0 Å². The number of aromatic nitrogens is 1. The van der Waals surface area contributed by atoms with Gasteiger partial charge in [0.25, 0.3) is 0 Å². The SMILES string of the molecule is COc1ccc(-c2nc(S(=O)(=O)c3ccc(Br)cc3)c(N3CC(C)OC(C)C3)o2)cc1. The van der Waals surface area contributed by atoms with E-state index in [2.05, 4.69) is 20.9 Å². The summed E-state index contributed by atoms with van der Waals surface area (Å²) in [5.41, 5.74) is 0.661. The molecule has 1 saturated heterocycles. The molecule has 0 aliphatic carbocycles. The second-order valence-corrected chi connectivity index (χ2v) is 10.3. The summed E-state index contributed by atoms with van der Waals surface area (Å²) in [6.45, 7) is 4.91. The molecular weight excluding hydrogens is 484 g/mol. The molecule has 2 unspecified atom stereocenters. The third-order valence-electron chi connectivity index (χ3n) is 5.00. The average Bonchev–Trinajstić information content (AvgIpc) is 3.20. The molecule has 1 fully saturated rings. The monoisotopic (exact) mass is 506 g/mol. The number of nitrogens with zero attached hydrogens (tertiary/aromatic N) is 2. The lowest BCUT2D eigenvalue weighted by molar-refractivity contribution is -0.00657. The van der Waals surface area contributed by atoms with Gasteiger partial charge in [-0.1, -0.05) is 15.9 Å². The van der Waals surface area contributed by atoms with E-state index in [0.29, 0.717) is 24.4 Å². The van der Waals surface area contributed by atoms with Crippen molar-refractivity contribution in [3.63, 3.8) is 0 Å². The van der Waals surface area contributed by atoms with E-state index < -0.39 is 9.84 Å².